The molecule has 146 valence electrons. The van der Waals surface area contributed by atoms with Crippen LogP contribution in [0.3, 0.4) is 0 Å². The lowest BCUT2D eigenvalue weighted by atomic mass is 10.1. The van der Waals surface area contributed by atoms with Gasteiger partial charge in [-0.1, -0.05) is 60.7 Å². The molecule has 3 aliphatic rings. The van der Waals surface area contributed by atoms with Gasteiger partial charge in [0.05, 0.1) is 0 Å². The highest BCUT2D eigenvalue weighted by Gasteiger charge is 2.23. The first kappa shape index (κ1) is 17.7. The van der Waals surface area contributed by atoms with Crippen LogP contribution < -0.4 is 5.32 Å². The first-order chi connectivity index (χ1) is 14.3. The summed E-state index contributed by atoms with van der Waals surface area (Å²) in [6.07, 6.45) is 5.88. The summed E-state index contributed by atoms with van der Waals surface area (Å²) in [5, 5.41) is 3.45. The zero-order valence-electron chi connectivity index (χ0n) is 16.1. The largest absolute Gasteiger partial charge is 0.475 e. The summed E-state index contributed by atoms with van der Waals surface area (Å²) in [5.41, 5.74) is 4.60. The van der Waals surface area contributed by atoms with E-state index in [0.29, 0.717) is 25.0 Å². The number of allylic oxidation sites excluding steroid dienone is 2. The van der Waals surface area contributed by atoms with E-state index in [1.54, 1.807) is 0 Å². The number of hydrogen-bond acceptors (Lipinski definition) is 5. The molecule has 2 atom stereocenters. The minimum atomic E-state index is 0.0793. The molecule has 0 bridgehead atoms. The molecular weight excluding hydrogens is 362 g/mol. The van der Waals surface area contributed by atoms with E-state index in [1.807, 2.05) is 48.6 Å². The fourth-order valence-corrected chi connectivity index (χ4v) is 3.75. The molecule has 0 amide bonds. The van der Waals surface area contributed by atoms with Crippen molar-refractivity contribution in [3.8, 4) is 0 Å². The van der Waals surface area contributed by atoms with E-state index >= 15 is 0 Å². The van der Waals surface area contributed by atoms with E-state index < -0.39 is 0 Å². The quantitative estimate of drug-likeness (QED) is 0.844. The smallest absolute Gasteiger partial charge is 0.211 e. The molecule has 5 heteroatoms. The summed E-state index contributed by atoms with van der Waals surface area (Å²) in [6.45, 7) is 1.19. The summed E-state index contributed by atoms with van der Waals surface area (Å²) in [6, 6.07) is 20.7. The highest BCUT2D eigenvalue weighted by atomic mass is 16.5. The van der Waals surface area contributed by atoms with Gasteiger partial charge < -0.3 is 14.8 Å². The molecule has 0 spiro atoms. The number of ether oxygens (including phenoxy) is 2. The molecule has 29 heavy (non-hydrogen) atoms. The molecule has 3 aliphatic heterocycles. The van der Waals surface area contributed by atoms with Gasteiger partial charge in [0.1, 0.15) is 25.3 Å². The third-order valence-corrected chi connectivity index (χ3v) is 5.29. The van der Waals surface area contributed by atoms with Crippen molar-refractivity contribution in [3.05, 3.63) is 95.3 Å². The van der Waals surface area contributed by atoms with Gasteiger partial charge in [-0.05, 0) is 24.0 Å². The van der Waals surface area contributed by atoms with Crippen LogP contribution in [0.15, 0.2) is 94.2 Å². The molecule has 1 fully saturated rings. The highest BCUT2D eigenvalue weighted by molar-refractivity contribution is 5.91. The van der Waals surface area contributed by atoms with Crippen LogP contribution in [0, 0.1) is 0 Å². The fraction of sp³-hybridized carbons (Fsp3) is 0.250. The van der Waals surface area contributed by atoms with Crippen LogP contribution >= 0.6 is 0 Å². The van der Waals surface area contributed by atoms with Gasteiger partial charge >= 0.3 is 0 Å². The number of hydrogen-bond donors (Lipinski definition) is 1. The number of nitrogens with one attached hydrogen (secondary N) is 1. The highest BCUT2D eigenvalue weighted by Crippen LogP contribution is 2.27. The molecular formula is C24H23N3O2. The van der Waals surface area contributed by atoms with E-state index in [2.05, 4.69) is 29.6 Å². The van der Waals surface area contributed by atoms with E-state index in [9.17, 15) is 0 Å². The van der Waals surface area contributed by atoms with Gasteiger partial charge in [0.25, 0.3) is 0 Å². The van der Waals surface area contributed by atoms with Crippen molar-refractivity contribution in [2.45, 2.75) is 24.9 Å². The molecule has 1 saturated heterocycles. The standard InChI is InChI=1S/C24H23N3O2/c1-3-7-17(8-4-1)21-15-28-23(26-21)13-19-11-12-20(25-19)14-24-27-22(16-29-24)18-9-5-2-6-10-18/h1-10,13-14,21-22,25H,11-12,15-16H2/b19-13-,20-14+. The van der Waals surface area contributed by atoms with Crippen molar-refractivity contribution >= 4 is 11.8 Å². The van der Waals surface area contributed by atoms with Crippen LogP contribution in [0.1, 0.15) is 36.1 Å². The maximum atomic E-state index is 5.78. The molecule has 0 saturated carbocycles. The van der Waals surface area contributed by atoms with Gasteiger partial charge in [0, 0.05) is 23.5 Å². The normalized spacial score (nSPS) is 26.1. The van der Waals surface area contributed by atoms with Crippen molar-refractivity contribution in [1.29, 1.82) is 0 Å². The number of rotatable bonds is 4. The van der Waals surface area contributed by atoms with Crippen LogP contribution in [0.4, 0.5) is 0 Å². The zero-order valence-corrected chi connectivity index (χ0v) is 16.1. The number of benzene rings is 2. The minimum absolute atomic E-state index is 0.0793. The molecule has 2 aromatic carbocycles. The summed E-state index contributed by atoms with van der Waals surface area (Å²) >= 11 is 0. The van der Waals surface area contributed by atoms with Crippen LogP contribution in [-0.4, -0.2) is 25.0 Å². The molecule has 5 nitrogen and oxygen atoms in total. The Kier molecular flexibility index (Phi) is 4.87. The Balaban J connectivity index is 1.24. The van der Waals surface area contributed by atoms with Gasteiger partial charge in [-0.15, -0.1) is 0 Å². The van der Waals surface area contributed by atoms with E-state index in [-0.39, 0.29) is 12.1 Å². The monoisotopic (exact) mass is 385 g/mol. The lowest BCUT2D eigenvalue weighted by Crippen LogP contribution is -2.07. The van der Waals surface area contributed by atoms with Crippen molar-refractivity contribution in [2.24, 2.45) is 9.98 Å². The van der Waals surface area contributed by atoms with Gasteiger partial charge in [-0.2, -0.15) is 0 Å². The molecule has 2 aromatic rings. The molecule has 0 radical (unpaired) electrons. The maximum absolute atomic E-state index is 5.78. The zero-order chi connectivity index (χ0) is 19.5. The van der Waals surface area contributed by atoms with Crippen LogP contribution in [0.5, 0.6) is 0 Å². The predicted molar refractivity (Wildman–Crippen MR) is 114 cm³/mol. The Morgan fingerprint density at radius 1 is 0.690 bits per heavy atom. The lowest BCUT2D eigenvalue weighted by molar-refractivity contribution is 0.320. The Hall–Kier alpha value is -3.34. The van der Waals surface area contributed by atoms with E-state index in [4.69, 9.17) is 19.5 Å². The topological polar surface area (TPSA) is 55.2 Å². The SMILES string of the molecule is C(/C1=NC(c2ccccc2)CO1)=C1\CC/C(=C\C2=NC(c3ccccc3)CO2)N1. The molecule has 2 unspecified atom stereocenters. The number of aliphatic imine (C=N–C) groups is 2. The second-order valence-electron chi connectivity index (χ2n) is 7.37. The van der Waals surface area contributed by atoms with Gasteiger partial charge in [-0.25, -0.2) is 9.98 Å². The van der Waals surface area contributed by atoms with E-state index in [0.717, 1.165) is 24.2 Å². The van der Waals surface area contributed by atoms with Crippen molar-refractivity contribution in [1.82, 2.24) is 5.32 Å². The summed E-state index contributed by atoms with van der Waals surface area (Å²) < 4.78 is 11.6. The summed E-state index contributed by atoms with van der Waals surface area (Å²) in [4.78, 5) is 9.41. The van der Waals surface area contributed by atoms with Crippen LogP contribution in [0.2, 0.25) is 0 Å². The first-order valence-corrected chi connectivity index (χ1v) is 10.0. The van der Waals surface area contributed by atoms with Crippen molar-refractivity contribution < 1.29 is 9.47 Å². The molecule has 3 heterocycles. The average Bonchev–Trinajstić information content (AvgIpc) is 3.52. The Morgan fingerprint density at radius 3 is 1.59 bits per heavy atom. The second-order valence-corrected chi connectivity index (χ2v) is 7.37. The average molecular weight is 385 g/mol. The molecule has 1 N–H and O–H groups in total. The number of nitrogens with zero attached hydrogens (tertiary/aromatic N) is 2. The third-order valence-electron chi connectivity index (χ3n) is 5.29. The summed E-state index contributed by atoms with van der Waals surface area (Å²) in [7, 11) is 0. The molecule has 5 rings (SSSR count). The summed E-state index contributed by atoms with van der Waals surface area (Å²) in [5.74, 6) is 1.39. The van der Waals surface area contributed by atoms with Crippen molar-refractivity contribution in [3.63, 3.8) is 0 Å². The Labute approximate surface area is 170 Å². The van der Waals surface area contributed by atoms with Crippen LogP contribution in [0.25, 0.3) is 0 Å². The second kappa shape index (κ2) is 7.95. The minimum Gasteiger partial charge on any atom is -0.475 e. The van der Waals surface area contributed by atoms with Gasteiger partial charge in [-0.3, -0.25) is 0 Å². The molecule has 0 aromatic heterocycles. The van der Waals surface area contributed by atoms with Crippen LogP contribution in [-0.2, 0) is 9.47 Å². The molecule has 0 aliphatic carbocycles. The van der Waals surface area contributed by atoms with Crippen molar-refractivity contribution in [2.75, 3.05) is 13.2 Å². The maximum Gasteiger partial charge on any atom is 0.211 e. The fourth-order valence-electron chi connectivity index (χ4n) is 3.75. The van der Waals surface area contributed by atoms with Gasteiger partial charge in [0.15, 0.2) is 0 Å². The first-order valence-electron chi connectivity index (χ1n) is 10.0. The Bertz CT molecular complexity index is 912. The van der Waals surface area contributed by atoms with Gasteiger partial charge in [0.2, 0.25) is 11.8 Å². The third kappa shape index (κ3) is 4.09. The lowest BCUT2D eigenvalue weighted by Gasteiger charge is -2.03. The predicted octanol–water partition coefficient (Wildman–Crippen LogP) is 4.48. The van der Waals surface area contributed by atoms with E-state index in [1.165, 1.54) is 11.1 Å². The Morgan fingerprint density at radius 2 is 1.14 bits per heavy atom.